The van der Waals surface area contributed by atoms with Crippen LogP contribution in [0.15, 0.2) is 128 Å². The van der Waals surface area contributed by atoms with Gasteiger partial charge in [0.05, 0.1) is 5.69 Å². The van der Waals surface area contributed by atoms with Gasteiger partial charge in [-0.3, -0.25) is 19.6 Å². The second-order valence-electron chi connectivity index (χ2n) is 11.4. The van der Waals surface area contributed by atoms with Crippen LogP contribution in [0.1, 0.15) is 33.5 Å². The fourth-order valence-electron chi connectivity index (χ4n) is 5.66. The molecule has 0 fully saturated rings. The monoisotopic (exact) mass is 632 g/mol. The third kappa shape index (κ3) is 7.64. The number of nitrogens with zero attached hydrogens (tertiary/aromatic N) is 4. The normalized spacial score (nSPS) is 13.4. The predicted molar refractivity (Wildman–Crippen MR) is 173 cm³/mol. The maximum atomic E-state index is 14.4. The van der Waals surface area contributed by atoms with Crippen molar-refractivity contribution < 1.29 is 22.8 Å². The number of carbonyl (C=O) groups excluding carboxylic acids is 2. The van der Waals surface area contributed by atoms with Crippen molar-refractivity contribution in [1.29, 1.82) is 0 Å². The molecule has 9 heteroatoms. The molecule has 0 N–H and O–H groups in total. The Morgan fingerprint density at radius 1 is 0.787 bits per heavy atom. The first-order valence-electron chi connectivity index (χ1n) is 15.2. The van der Waals surface area contributed by atoms with Crippen molar-refractivity contribution >= 4 is 17.9 Å². The molecule has 1 aliphatic heterocycles. The van der Waals surface area contributed by atoms with Gasteiger partial charge in [0.25, 0.3) is 0 Å². The molecule has 47 heavy (non-hydrogen) atoms. The zero-order valence-electron chi connectivity index (χ0n) is 25.3. The first-order valence-corrected chi connectivity index (χ1v) is 15.2. The summed E-state index contributed by atoms with van der Waals surface area (Å²) in [6, 6.07) is 32.0. The number of alkyl halides is 3. The molecular formula is C38H31F3N4O2. The van der Waals surface area contributed by atoms with Crippen LogP contribution in [-0.4, -0.2) is 37.6 Å². The second-order valence-corrected chi connectivity index (χ2v) is 11.4. The van der Waals surface area contributed by atoms with Crippen LogP contribution in [0.4, 0.5) is 13.2 Å². The lowest BCUT2D eigenvalue weighted by atomic mass is 10.0. The van der Waals surface area contributed by atoms with E-state index in [4.69, 9.17) is 0 Å². The number of hydrogen-bond acceptors (Lipinski definition) is 4. The Morgan fingerprint density at radius 3 is 2.09 bits per heavy atom. The molecule has 1 unspecified atom stereocenters. The lowest BCUT2D eigenvalue weighted by molar-refractivity contribution is -0.144. The summed E-state index contributed by atoms with van der Waals surface area (Å²) in [5.41, 5.74) is 4.86. The minimum absolute atomic E-state index is 0.126. The van der Waals surface area contributed by atoms with E-state index in [0.29, 0.717) is 18.7 Å². The molecular weight excluding hydrogens is 601 g/mol. The Bertz CT molecular complexity index is 1840. The predicted octanol–water partition coefficient (Wildman–Crippen LogP) is 7.36. The number of aromatic nitrogens is 2. The van der Waals surface area contributed by atoms with Crippen molar-refractivity contribution in [1.82, 2.24) is 19.8 Å². The smallest absolute Gasteiger partial charge is 0.332 e. The quantitative estimate of drug-likeness (QED) is 0.159. The molecule has 2 amide bonds. The molecule has 2 aromatic heterocycles. The van der Waals surface area contributed by atoms with E-state index in [1.54, 1.807) is 16.0 Å². The number of carbonyl (C=O) groups is 2. The molecule has 3 aromatic carbocycles. The van der Waals surface area contributed by atoms with Crippen LogP contribution in [0, 0.1) is 0 Å². The largest absolute Gasteiger partial charge is 0.433 e. The summed E-state index contributed by atoms with van der Waals surface area (Å²) in [5, 5.41) is 0. The van der Waals surface area contributed by atoms with Gasteiger partial charge in [-0.25, -0.2) is 0 Å². The molecule has 1 atom stereocenters. The zero-order chi connectivity index (χ0) is 32.8. The zero-order valence-corrected chi connectivity index (χ0v) is 25.3. The van der Waals surface area contributed by atoms with Crippen molar-refractivity contribution in [3.8, 4) is 11.3 Å². The first-order chi connectivity index (χ1) is 22.7. The van der Waals surface area contributed by atoms with E-state index < -0.39 is 23.8 Å². The summed E-state index contributed by atoms with van der Waals surface area (Å²) in [6.07, 6.45) is 1.21. The highest BCUT2D eigenvalue weighted by Crippen LogP contribution is 2.28. The molecule has 1 aliphatic rings. The summed E-state index contributed by atoms with van der Waals surface area (Å²) in [5.74, 6) is -0.641. The molecule has 3 heterocycles. The molecule has 6 rings (SSSR count). The minimum atomic E-state index is -4.57. The molecule has 0 spiro atoms. The highest BCUT2D eigenvalue weighted by Gasteiger charge is 2.35. The number of halogens is 3. The molecule has 0 saturated heterocycles. The first kappa shape index (κ1) is 31.4. The summed E-state index contributed by atoms with van der Waals surface area (Å²) < 4.78 is 39.1. The summed E-state index contributed by atoms with van der Waals surface area (Å²) in [7, 11) is 0. The lowest BCUT2D eigenvalue weighted by Gasteiger charge is -2.33. The summed E-state index contributed by atoms with van der Waals surface area (Å²) in [6.45, 7) is 1.00. The lowest BCUT2D eigenvalue weighted by Crippen LogP contribution is -2.50. The van der Waals surface area contributed by atoms with E-state index in [9.17, 15) is 22.8 Å². The standard InChI is InChI=1S/C38H31F3N4O2/c39-38(40,41)35-19-15-28(23-43-35)16-20-36(46)45(24-29-13-17-30(18-14-29)33-12-6-7-21-42-33)34(22-27-8-2-1-3-9-27)37(47)44-25-31-10-4-5-11-32(31)26-44/h1-21,23,34H,22,24-26H2. The molecule has 0 bridgehead atoms. The number of fused-ring (bicyclic) bond motifs is 1. The topological polar surface area (TPSA) is 66.4 Å². The number of hydrogen-bond donors (Lipinski definition) is 0. The van der Waals surface area contributed by atoms with Crippen LogP contribution in [0.2, 0.25) is 0 Å². The van der Waals surface area contributed by atoms with E-state index in [0.717, 1.165) is 45.8 Å². The molecule has 0 saturated carbocycles. The van der Waals surface area contributed by atoms with Crippen LogP contribution in [0.3, 0.4) is 0 Å². The summed E-state index contributed by atoms with van der Waals surface area (Å²) in [4.78, 5) is 39.7. The maximum absolute atomic E-state index is 14.4. The van der Waals surface area contributed by atoms with Crippen molar-refractivity contribution in [2.75, 3.05) is 0 Å². The molecule has 5 aromatic rings. The van der Waals surface area contributed by atoms with Gasteiger partial charge >= 0.3 is 6.18 Å². The molecule has 0 radical (unpaired) electrons. The van der Waals surface area contributed by atoms with Crippen LogP contribution in [0.5, 0.6) is 0 Å². The van der Waals surface area contributed by atoms with Crippen molar-refractivity contribution in [3.05, 3.63) is 161 Å². The van der Waals surface area contributed by atoms with Gasteiger partial charge in [0, 0.05) is 50.1 Å². The van der Waals surface area contributed by atoms with Crippen molar-refractivity contribution in [2.24, 2.45) is 0 Å². The van der Waals surface area contributed by atoms with Gasteiger partial charge in [-0.1, -0.05) is 91.0 Å². The Kier molecular flexibility index (Phi) is 9.24. The van der Waals surface area contributed by atoms with Gasteiger partial charge in [0.1, 0.15) is 11.7 Å². The van der Waals surface area contributed by atoms with Gasteiger partial charge in [0.2, 0.25) is 11.8 Å². The van der Waals surface area contributed by atoms with E-state index in [-0.39, 0.29) is 18.9 Å². The molecule has 6 nitrogen and oxygen atoms in total. The highest BCUT2D eigenvalue weighted by atomic mass is 19.4. The van der Waals surface area contributed by atoms with Crippen LogP contribution in [0.25, 0.3) is 17.3 Å². The summed E-state index contributed by atoms with van der Waals surface area (Å²) >= 11 is 0. The van der Waals surface area contributed by atoms with E-state index in [1.165, 1.54) is 18.2 Å². The highest BCUT2D eigenvalue weighted by molar-refractivity contribution is 5.96. The SMILES string of the molecule is O=C(C(Cc1ccccc1)N(Cc1ccc(-c2ccccn2)cc1)C(=O)C=Cc1ccc(C(F)(F)F)nc1)N1Cc2ccccc2C1. The minimum Gasteiger partial charge on any atom is -0.332 e. The van der Waals surface area contributed by atoms with Crippen molar-refractivity contribution in [2.45, 2.75) is 38.3 Å². The average molecular weight is 633 g/mol. The van der Waals surface area contributed by atoms with Gasteiger partial charge < -0.3 is 9.80 Å². The van der Waals surface area contributed by atoms with E-state index in [2.05, 4.69) is 9.97 Å². The number of amides is 2. The second kappa shape index (κ2) is 13.8. The Balaban J connectivity index is 1.33. The van der Waals surface area contributed by atoms with Crippen molar-refractivity contribution in [3.63, 3.8) is 0 Å². The number of rotatable bonds is 9. The number of pyridine rings is 2. The van der Waals surface area contributed by atoms with E-state index >= 15 is 0 Å². The van der Waals surface area contributed by atoms with Crippen LogP contribution in [-0.2, 0) is 41.8 Å². The Labute approximate surface area is 270 Å². The van der Waals surface area contributed by atoms with Gasteiger partial charge in [-0.15, -0.1) is 0 Å². The van der Waals surface area contributed by atoms with Gasteiger partial charge in [-0.2, -0.15) is 13.2 Å². The average Bonchev–Trinajstić information content (AvgIpc) is 3.54. The third-order valence-corrected chi connectivity index (χ3v) is 8.13. The maximum Gasteiger partial charge on any atom is 0.433 e. The molecule has 0 aliphatic carbocycles. The third-order valence-electron chi connectivity index (χ3n) is 8.13. The van der Waals surface area contributed by atoms with Crippen LogP contribution < -0.4 is 0 Å². The van der Waals surface area contributed by atoms with E-state index in [1.807, 2.05) is 97.1 Å². The fourth-order valence-corrected chi connectivity index (χ4v) is 5.66. The molecule has 236 valence electrons. The fraction of sp³-hybridized carbons (Fsp3) is 0.158. The number of benzene rings is 3. The van der Waals surface area contributed by atoms with Crippen LogP contribution >= 0.6 is 0 Å². The van der Waals surface area contributed by atoms with Gasteiger partial charge in [-0.05, 0) is 52.1 Å². The van der Waals surface area contributed by atoms with Gasteiger partial charge in [0.15, 0.2) is 0 Å². The Hall–Kier alpha value is -5.57. The Morgan fingerprint density at radius 2 is 1.47 bits per heavy atom.